The van der Waals surface area contributed by atoms with Gasteiger partial charge in [0, 0.05) is 5.02 Å². The molecule has 0 spiro atoms. The van der Waals surface area contributed by atoms with Gasteiger partial charge in [0.25, 0.3) is 0 Å². The zero-order valence-electron chi connectivity index (χ0n) is 9.77. The van der Waals surface area contributed by atoms with Gasteiger partial charge in [-0.3, -0.25) is 0 Å². The number of nitrogens with two attached hydrogens (primary N) is 1. The SMILES string of the molecule is NCCCCc1cc2c(cc1Cl)CCCC2. The van der Waals surface area contributed by atoms with Crippen molar-refractivity contribution in [1.29, 1.82) is 0 Å². The Labute approximate surface area is 103 Å². The monoisotopic (exact) mass is 237 g/mol. The van der Waals surface area contributed by atoms with Crippen molar-refractivity contribution in [3.05, 3.63) is 33.8 Å². The molecular weight excluding hydrogens is 218 g/mol. The van der Waals surface area contributed by atoms with E-state index in [9.17, 15) is 0 Å². The third kappa shape index (κ3) is 2.78. The highest BCUT2D eigenvalue weighted by atomic mass is 35.5. The van der Waals surface area contributed by atoms with Crippen molar-refractivity contribution in [3.8, 4) is 0 Å². The fourth-order valence-corrected chi connectivity index (χ4v) is 2.74. The summed E-state index contributed by atoms with van der Waals surface area (Å²) in [4.78, 5) is 0. The lowest BCUT2D eigenvalue weighted by molar-refractivity contribution is 0.682. The maximum Gasteiger partial charge on any atom is 0.0440 e. The third-order valence-corrected chi connectivity index (χ3v) is 3.76. The second kappa shape index (κ2) is 5.70. The van der Waals surface area contributed by atoms with Crippen molar-refractivity contribution in [1.82, 2.24) is 0 Å². The van der Waals surface area contributed by atoms with Crippen LogP contribution in [0.4, 0.5) is 0 Å². The lowest BCUT2D eigenvalue weighted by Gasteiger charge is -2.18. The average molecular weight is 238 g/mol. The van der Waals surface area contributed by atoms with E-state index in [1.54, 1.807) is 0 Å². The Balaban J connectivity index is 2.12. The van der Waals surface area contributed by atoms with Crippen molar-refractivity contribution in [3.63, 3.8) is 0 Å². The molecule has 0 saturated carbocycles. The Morgan fingerprint density at radius 1 is 1.06 bits per heavy atom. The van der Waals surface area contributed by atoms with E-state index in [4.69, 9.17) is 17.3 Å². The molecule has 1 aromatic rings. The van der Waals surface area contributed by atoms with E-state index >= 15 is 0 Å². The van der Waals surface area contributed by atoms with E-state index in [1.165, 1.54) is 42.4 Å². The van der Waals surface area contributed by atoms with Gasteiger partial charge in [0.15, 0.2) is 0 Å². The average Bonchev–Trinajstić information content (AvgIpc) is 2.30. The first-order chi connectivity index (χ1) is 7.81. The minimum Gasteiger partial charge on any atom is -0.330 e. The lowest BCUT2D eigenvalue weighted by Crippen LogP contribution is -2.04. The number of halogens is 1. The van der Waals surface area contributed by atoms with Gasteiger partial charge < -0.3 is 5.73 Å². The summed E-state index contributed by atoms with van der Waals surface area (Å²) in [5.74, 6) is 0. The van der Waals surface area contributed by atoms with Crippen LogP contribution in [-0.2, 0) is 19.3 Å². The first-order valence-electron chi connectivity index (χ1n) is 6.31. The molecular formula is C14H20ClN. The Morgan fingerprint density at radius 3 is 2.44 bits per heavy atom. The summed E-state index contributed by atoms with van der Waals surface area (Å²) in [6, 6.07) is 4.52. The zero-order chi connectivity index (χ0) is 11.4. The fraction of sp³-hybridized carbons (Fsp3) is 0.571. The van der Waals surface area contributed by atoms with Crippen molar-refractivity contribution in [2.45, 2.75) is 44.9 Å². The lowest BCUT2D eigenvalue weighted by atomic mass is 9.89. The first kappa shape index (κ1) is 11.9. The minimum absolute atomic E-state index is 0.780. The van der Waals surface area contributed by atoms with Gasteiger partial charge in [-0.25, -0.2) is 0 Å². The van der Waals surface area contributed by atoms with Crippen molar-refractivity contribution < 1.29 is 0 Å². The molecule has 0 unspecified atom stereocenters. The number of rotatable bonds is 4. The molecule has 16 heavy (non-hydrogen) atoms. The van der Waals surface area contributed by atoms with Gasteiger partial charge in [-0.2, -0.15) is 0 Å². The van der Waals surface area contributed by atoms with Crippen LogP contribution in [0.15, 0.2) is 12.1 Å². The van der Waals surface area contributed by atoms with E-state index in [0.29, 0.717) is 0 Å². The van der Waals surface area contributed by atoms with E-state index in [-0.39, 0.29) is 0 Å². The second-order valence-electron chi connectivity index (χ2n) is 4.67. The van der Waals surface area contributed by atoms with E-state index < -0.39 is 0 Å². The molecule has 1 aromatic carbocycles. The predicted octanol–water partition coefficient (Wildman–Crippen LogP) is 3.50. The summed E-state index contributed by atoms with van der Waals surface area (Å²) in [5.41, 5.74) is 9.82. The Hall–Kier alpha value is -0.530. The molecule has 1 aliphatic rings. The number of fused-ring (bicyclic) bond motifs is 1. The summed E-state index contributed by atoms with van der Waals surface area (Å²) in [7, 11) is 0. The highest BCUT2D eigenvalue weighted by Crippen LogP contribution is 2.28. The van der Waals surface area contributed by atoms with Crippen LogP contribution in [-0.4, -0.2) is 6.54 Å². The van der Waals surface area contributed by atoms with E-state index in [1.807, 2.05) is 0 Å². The van der Waals surface area contributed by atoms with Crippen LogP contribution in [0.5, 0.6) is 0 Å². The zero-order valence-corrected chi connectivity index (χ0v) is 10.5. The molecule has 88 valence electrons. The summed E-state index contributed by atoms with van der Waals surface area (Å²) < 4.78 is 0. The molecule has 0 aliphatic heterocycles. The van der Waals surface area contributed by atoms with Gasteiger partial charge in [-0.1, -0.05) is 17.7 Å². The molecule has 0 heterocycles. The normalized spacial score (nSPS) is 14.9. The van der Waals surface area contributed by atoms with Crippen molar-refractivity contribution in [2.24, 2.45) is 5.73 Å². The summed E-state index contributed by atoms with van der Waals surface area (Å²) in [6.45, 7) is 0.780. The van der Waals surface area contributed by atoms with Gasteiger partial charge in [0.2, 0.25) is 0 Å². The molecule has 1 aliphatic carbocycles. The summed E-state index contributed by atoms with van der Waals surface area (Å²) >= 11 is 6.31. The predicted molar refractivity (Wildman–Crippen MR) is 70.1 cm³/mol. The van der Waals surface area contributed by atoms with Gasteiger partial charge in [0.05, 0.1) is 0 Å². The van der Waals surface area contributed by atoms with Crippen LogP contribution in [0.1, 0.15) is 42.4 Å². The maximum absolute atomic E-state index is 6.31. The smallest absolute Gasteiger partial charge is 0.0440 e. The Bertz CT molecular complexity index is 360. The molecule has 0 aromatic heterocycles. The molecule has 0 atom stereocenters. The number of hydrogen-bond acceptors (Lipinski definition) is 1. The third-order valence-electron chi connectivity index (χ3n) is 3.41. The molecule has 0 saturated heterocycles. The van der Waals surface area contributed by atoms with Gasteiger partial charge >= 0.3 is 0 Å². The highest BCUT2D eigenvalue weighted by molar-refractivity contribution is 6.31. The fourth-order valence-electron chi connectivity index (χ4n) is 2.46. The number of aryl methyl sites for hydroxylation is 3. The van der Waals surface area contributed by atoms with Crippen LogP contribution < -0.4 is 5.73 Å². The topological polar surface area (TPSA) is 26.0 Å². The molecule has 2 N–H and O–H groups in total. The molecule has 2 rings (SSSR count). The van der Waals surface area contributed by atoms with Gasteiger partial charge in [0.1, 0.15) is 0 Å². The molecule has 0 amide bonds. The van der Waals surface area contributed by atoms with Crippen LogP contribution in [0.25, 0.3) is 0 Å². The number of unbranched alkanes of at least 4 members (excludes halogenated alkanes) is 1. The first-order valence-corrected chi connectivity index (χ1v) is 6.69. The number of hydrogen-bond donors (Lipinski definition) is 1. The quantitative estimate of drug-likeness (QED) is 0.797. The van der Waals surface area contributed by atoms with Gasteiger partial charge in [-0.15, -0.1) is 0 Å². The number of benzene rings is 1. The van der Waals surface area contributed by atoms with Gasteiger partial charge in [-0.05, 0) is 74.2 Å². The minimum atomic E-state index is 0.780. The standard InChI is InChI=1S/C14H20ClN/c15-14-10-12-6-2-1-5-11(12)9-13(14)7-3-4-8-16/h9-10H,1-8,16H2. The summed E-state index contributed by atoms with van der Waals surface area (Å²) in [6.07, 6.45) is 8.40. The second-order valence-corrected chi connectivity index (χ2v) is 5.07. The van der Waals surface area contributed by atoms with Crippen molar-refractivity contribution in [2.75, 3.05) is 6.54 Å². The molecule has 0 bridgehead atoms. The van der Waals surface area contributed by atoms with Crippen LogP contribution in [0.2, 0.25) is 5.02 Å². The molecule has 0 radical (unpaired) electrons. The van der Waals surface area contributed by atoms with Crippen LogP contribution >= 0.6 is 11.6 Å². The molecule has 1 nitrogen and oxygen atoms in total. The van der Waals surface area contributed by atoms with Crippen LogP contribution in [0, 0.1) is 0 Å². The van der Waals surface area contributed by atoms with Crippen molar-refractivity contribution >= 4 is 11.6 Å². The summed E-state index contributed by atoms with van der Waals surface area (Å²) in [5, 5.41) is 0.956. The molecule has 0 fully saturated rings. The highest BCUT2D eigenvalue weighted by Gasteiger charge is 2.12. The van der Waals surface area contributed by atoms with Crippen LogP contribution in [0.3, 0.4) is 0 Å². The Morgan fingerprint density at radius 2 is 1.75 bits per heavy atom. The largest absolute Gasteiger partial charge is 0.330 e. The van der Waals surface area contributed by atoms with E-state index in [0.717, 1.165) is 30.8 Å². The molecule has 2 heteroatoms. The Kier molecular flexibility index (Phi) is 4.25. The maximum atomic E-state index is 6.31. The van der Waals surface area contributed by atoms with E-state index in [2.05, 4.69) is 12.1 Å².